The van der Waals surface area contributed by atoms with Crippen LogP contribution in [0.1, 0.15) is 28.6 Å². The molecule has 0 radical (unpaired) electrons. The van der Waals surface area contributed by atoms with Crippen LogP contribution in [0.3, 0.4) is 0 Å². The van der Waals surface area contributed by atoms with E-state index in [1.807, 2.05) is 0 Å². The molecule has 1 aromatic heterocycles. The summed E-state index contributed by atoms with van der Waals surface area (Å²) < 4.78 is 5.23. The highest BCUT2D eigenvalue weighted by atomic mass is 16.4. The highest BCUT2D eigenvalue weighted by Crippen LogP contribution is 2.20. The summed E-state index contributed by atoms with van der Waals surface area (Å²) in [5.41, 5.74) is 0.547. The van der Waals surface area contributed by atoms with Gasteiger partial charge in [-0.3, -0.25) is 9.59 Å². The first kappa shape index (κ1) is 11.6. The molecule has 6 nitrogen and oxygen atoms in total. The van der Waals surface area contributed by atoms with Gasteiger partial charge in [0.15, 0.2) is 5.89 Å². The van der Waals surface area contributed by atoms with E-state index in [9.17, 15) is 9.59 Å². The summed E-state index contributed by atoms with van der Waals surface area (Å²) in [6.07, 6.45) is 0.493. The van der Waals surface area contributed by atoms with Crippen LogP contribution in [0.15, 0.2) is 4.42 Å². The zero-order valence-corrected chi connectivity index (χ0v) is 9.77. The fourth-order valence-electron chi connectivity index (χ4n) is 2.02. The molecule has 0 aromatic carbocycles. The third-order valence-corrected chi connectivity index (χ3v) is 2.92. The first-order valence-electron chi connectivity index (χ1n) is 5.45. The van der Waals surface area contributed by atoms with Gasteiger partial charge in [0.05, 0.1) is 11.6 Å². The van der Waals surface area contributed by atoms with Gasteiger partial charge in [0.2, 0.25) is 5.76 Å². The Balaban J connectivity index is 2.12. The number of rotatable bonds is 2. The molecular formula is C11H14N2O4. The molecule has 1 atom stereocenters. The molecule has 1 unspecified atom stereocenters. The van der Waals surface area contributed by atoms with Crippen molar-refractivity contribution in [3.05, 3.63) is 17.3 Å². The van der Waals surface area contributed by atoms with Crippen LogP contribution in [-0.2, 0) is 4.79 Å². The summed E-state index contributed by atoms with van der Waals surface area (Å²) in [5.74, 6) is -0.936. The number of aromatic nitrogens is 1. The van der Waals surface area contributed by atoms with E-state index < -0.39 is 11.9 Å². The molecule has 2 rings (SSSR count). The third-order valence-electron chi connectivity index (χ3n) is 2.92. The van der Waals surface area contributed by atoms with Crippen molar-refractivity contribution in [1.82, 2.24) is 9.88 Å². The van der Waals surface area contributed by atoms with Gasteiger partial charge < -0.3 is 14.4 Å². The molecule has 0 aliphatic carbocycles. The molecule has 0 saturated carbocycles. The average molecular weight is 238 g/mol. The van der Waals surface area contributed by atoms with Crippen molar-refractivity contribution in [2.24, 2.45) is 5.92 Å². The number of likely N-dealkylation sites (tertiary alicyclic amines) is 1. The van der Waals surface area contributed by atoms with Crippen LogP contribution in [0.25, 0.3) is 0 Å². The summed E-state index contributed by atoms with van der Waals surface area (Å²) in [6.45, 7) is 4.07. The quantitative estimate of drug-likeness (QED) is 0.825. The van der Waals surface area contributed by atoms with Crippen LogP contribution >= 0.6 is 0 Å². The normalized spacial score (nSPS) is 19.6. The minimum atomic E-state index is -0.856. The number of oxazole rings is 1. The molecule has 0 bridgehead atoms. The fourth-order valence-corrected chi connectivity index (χ4v) is 2.02. The van der Waals surface area contributed by atoms with Crippen molar-refractivity contribution < 1.29 is 19.1 Å². The van der Waals surface area contributed by atoms with Crippen molar-refractivity contribution in [2.75, 3.05) is 13.1 Å². The van der Waals surface area contributed by atoms with Crippen molar-refractivity contribution in [3.63, 3.8) is 0 Å². The number of carboxylic acids is 1. The minimum absolute atomic E-state index is 0.216. The average Bonchev–Trinajstić information content (AvgIpc) is 2.84. The third kappa shape index (κ3) is 2.15. The van der Waals surface area contributed by atoms with Gasteiger partial charge in [-0.2, -0.15) is 0 Å². The van der Waals surface area contributed by atoms with Gasteiger partial charge in [0.25, 0.3) is 5.91 Å². The maximum absolute atomic E-state index is 12.0. The van der Waals surface area contributed by atoms with Gasteiger partial charge in [-0.15, -0.1) is 0 Å². The second-order valence-corrected chi connectivity index (χ2v) is 4.22. The van der Waals surface area contributed by atoms with E-state index >= 15 is 0 Å². The molecule has 6 heteroatoms. The molecule has 1 fully saturated rings. The number of amides is 1. The number of nitrogens with zero attached hydrogens (tertiary/aromatic N) is 2. The van der Waals surface area contributed by atoms with E-state index in [4.69, 9.17) is 9.52 Å². The lowest BCUT2D eigenvalue weighted by Gasteiger charge is -2.13. The van der Waals surface area contributed by atoms with Gasteiger partial charge in [-0.1, -0.05) is 0 Å². The van der Waals surface area contributed by atoms with Crippen molar-refractivity contribution in [3.8, 4) is 0 Å². The zero-order valence-electron chi connectivity index (χ0n) is 9.77. The predicted octanol–water partition coefficient (Wildman–Crippen LogP) is 0.838. The minimum Gasteiger partial charge on any atom is -0.481 e. The lowest BCUT2D eigenvalue weighted by molar-refractivity contribution is -0.141. The number of aryl methyl sites for hydroxylation is 2. The topological polar surface area (TPSA) is 83.6 Å². The zero-order chi connectivity index (χ0) is 12.6. The van der Waals surface area contributed by atoms with Crippen LogP contribution in [0.4, 0.5) is 0 Å². The first-order valence-corrected chi connectivity index (χ1v) is 5.45. The van der Waals surface area contributed by atoms with E-state index in [2.05, 4.69) is 4.98 Å². The number of hydrogen-bond donors (Lipinski definition) is 1. The van der Waals surface area contributed by atoms with Crippen LogP contribution in [0.2, 0.25) is 0 Å². The molecule has 1 amide bonds. The van der Waals surface area contributed by atoms with E-state index in [0.29, 0.717) is 24.6 Å². The summed E-state index contributed by atoms with van der Waals surface area (Å²) in [6, 6.07) is 0. The Morgan fingerprint density at radius 3 is 2.65 bits per heavy atom. The summed E-state index contributed by atoms with van der Waals surface area (Å²) >= 11 is 0. The Kier molecular flexibility index (Phi) is 2.87. The Bertz CT molecular complexity index is 466. The van der Waals surface area contributed by atoms with Crippen molar-refractivity contribution >= 4 is 11.9 Å². The van der Waals surface area contributed by atoms with Gasteiger partial charge in [-0.05, 0) is 13.3 Å². The van der Waals surface area contributed by atoms with Crippen LogP contribution in [-0.4, -0.2) is 40.0 Å². The molecule has 1 N–H and O–H groups in total. The summed E-state index contributed by atoms with van der Waals surface area (Å²) in [7, 11) is 0. The van der Waals surface area contributed by atoms with Crippen LogP contribution in [0, 0.1) is 19.8 Å². The smallest absolute Gasteiger partial charge is 0.308 e. The van der Waals surface area contributed by atoms with Gasteiger partial charge in [-0.25, -0.2) is 4.98 Å². The number of hydrogen-bond acceptors (Lipinski definition) is 4. The van der Waals surface area contributed by atoms with Crippen LogP contribution < -0.4 is 0 Å². The molecule has 2 heterocycles. The maximum atomic E-state index is 12.0. The molecule has 0 spiro atoms. The van der Waals surface area contributed by atoms with E-state index in [0.717, 1.165) is 0 Å². The highest BCUT2D eigenvalue weighted by molar-refractivity contribution is 5.93. The van der Waals surface area contributed by atoms with E-state index in [1.165, 1.54) is 4.90 Å². The fraction of sp³-hybridized carbons (Fsp3) is 0.545. The van der Waals surface area contributed by atoms with Crippen LogP contribution in [0.5, 0.6) is 0 Å². The molecule has 17 heavy (non-hydrogen) atoms. The highest BCUT2D eigenvalue weighted by Gasteiger charge is 2.33. The number of carbonyl (C=O) groups is 2. The largest absolute Gasteiger partial charge is 0.481 e. The van der Waals surface area contributed by atoms with Gasteiger partial charge in [0.1, 0.15) is 0 Å². The summed E-state index contributed by atoms with van der Waals surface area (Å²) in [4.78, 5) is 28.4. The van der Waals surface area contributed by atoms with Crippen molar-refractivity contribution in [1.29, 1.82) is 0 Å². The first-order chi connectivity index (χ1) is 7.99. The lowest BCUT2D eigenvalue weighted by Crippen LogP contribution is -2.30. The maximum Gasteiger partial charge on any atom is 0.308 e. The van der Waals surface area contributed by atoms with E-state index in [-0.39, 0.29) is 18.2 Å². The molecule has 92 valence electrons. The predicted molar refractivity (Wildman–Crippen MR) is 57.6 cm³/mol. The van der Waals surface area contributed by atoms with Crippen molar-refractivity contribution in [2.45, 2.75) is 20.3 Å². The standard InChI is InChI=1S/C11H14N2O4/c1-6-9(17-7(2)12-6)10(14)13-4-3-8(5-13)11(15)16/h8H,3-5H2,1-2H3,(H,15,16). The Morgan fingerprint density at radius 1 is 1.47 bits per heavy atom. The molecule has 1 saturated heterocycles. The number of aliphatic carboxylic acids is 1. The Hall–Kier alpha value is -1.85. The number of carbonyl (C=O) groups excluding carboxylic acids is 1. The van der Waals surface area contributed by atoms with Gasteiger partial charge in [0, 0.05) is 20.0 Å². The lowest BCUT2D eigenvalue weighted by atomic mass is 10.1. The Morgan fingerprint density at radius 2 is 2.18 bits per heavy atom. The monoisotopic (exact) mass is 238 g/mol. The Labute approximate surface area is 98.2 Å². The van der Waals surface area contributed by atoms with Gasteiger partial charge >= 0.3 is 5.97 Å². The molecule has 1 aliphatic heterocycles. The molecular weight excluding hydrogens is 224 g/mol. The molecule has 1 aromatic rings. The number of carboxylic acid groups (broad SMARTS) is 1. The SMILES string of the molecule is Cc1nc(C)c(C(=O)N2CCC(C(=O)O)C2)o1. The molecule has 1 aliphatic rings. The second kappa shape index (κ2) is 4.20. The van der Waals surface area contributed by atoms with E-state index in [1.54, 1.807) is 13.8 Å². The summed E-state index contributed by atoms with van der Waals surface area (Å²) in [5, 5.41) is 8.87. The second-order valence-electron chi connectivity index (χ2n) is 4.22.